The van der Waals surface area contributed by atoms with E-state index in [9.17, 15) is 9.18 Å². The van der Waals surface area contributed by atoms with Crippen LogP contribution in [0, 0.1) is 5.82 Å². The second-order valence-electron chi connectivity index (χ2n) is 3.84. The molecule has 1 amide bonds. The van der Waals surface area contributed by atoms with Crippen LogP contribution in [0.4, 0.5) is 10.1 Å². The van der Waals surface area contributed by atoms with Gasteiger partial charge in [0.1, 0.15) is 5.82 Å². The van der Waals surface area contributed by atoms with Gasteiger partial charge in [0, 0.05) is 18.2 Å². The van der Waals surface area contributed by atoms with E-state index in [1.54, 1.807) is 6.07 Å². The van der Waals surface area contributed by atoms with Gasteiger partial charge in [0.15, 0.2) is 0 Å². The number of hydrogen-bond donors (Lipinski definition) is 2. The Bertz CT molecular complexity index is 398. The van der Waals surface area contributed by atoms with Crippen molar-refractivity contribution in [2.45, 2.75) is 26.3 Å². The number of rotatable bonds is 5. The van der Waals surface area contributed by atoms with Crippen LogP contribution in [-0.4, -0.2) is 18.5 Å². The molecule has 0 aliphatic carbocycles. The summed E-state index contributed by atoms with van der Waals surface area (Å²) < 4.78 is 13.1. The van der Waals surface area contributed by atoms with Gasteiger partial charge in [0.05, 0.1) is 5.02 Å². The van der Waals surface area contributed by atoms with E-state index in [4.69, 9.17) is 11.6 Å². The lowest BCUT2D eigenvalue weighted by Gasteiger charge is -2.12. The number of carbonyl (C=O) groups excluding carboxylic acids is 1. The summed E-state index contributed by atoms with van der Waals surface area (Å²) >= 11 is 5.55. The van der Waals surface area contributed by atoms with Crippen molar-refractivity contribution in [1.82, 2.24) is 5.32 Å². The molecule has 1 atom stereocenters. The fraction of sp³-hybridized carbons (Fsp3) is 0.417. The van der Waals surface area contributed by atoms with Gasteiger partial charge in [-0.15, -0.1) is 0 Å². The first kappa shape index (κ1) is 13.9. The zero-order valence-electron chi connectivity index (χ0n) is 9.89. The summed E-state index contributed by atoms with van der Waals surface area (Å²) in [6, 6.07) is 4.29. The number of carbonyl (C=O) groups is 1. The Kier molecular flexibility index (Phi) is 5.38. The Hall–Kier alpha value is -1.13. The van der Waals surface area contributed by atoms with Crippen molar-refractivity contribution in [3.63, 3.8) is 0 Å². The lowest BCUT2D eigenvalue weighted by Crippen LogP contribution is -2.30. The Labute approximate surface area is 105 Å². The monoisotopic (exact) mass is 258 g/mol. The third-order valence-electron chi connectivity index (χ3n) is 2.25. The van der Waals surface area contributed by atoms with E-state index in [1.165, 1.54) is 12.1 Å². The third-order valence-corrected chi connectivity index (χ3v) is 2.55. The molecule has 2 N–H and O–H groups in total. The highest BCUT2D eigenvalue weighted by molar-refractivity contribution is 6.30. The van der Waals surface area contributed by atoms with Crippen LogP contribution in [0.25, 0.3) is 0 Å². The fourth-order valence-corrected chi connectivity index (χ4v) is 1.60. The summed E-state index contributed by atoms with van der Waals surface area (Å²) in [4.78, 5) is 11.6. The van der Waals surface area contributed by atoms with E-state index < -0.39 is 5.82 Å². The van der Waals surface area contributed by atoms with E-state index in [2.05, 4.69) is 10.6 Å². The molecule has 0 spiro atoms. The average molecular weight is 259 g/mol. The molecular formula is C12H16ClFN2O. The maximum absolute atomic E-state index is 13.1. The summed E-state index contributed by atoms with van der Waals surface area (Å²) in [5, 5.41) is 5.79. The van der Waals surface area contributed by atoms with Crippen molar-refractivity contribution < 1.29 is 9.18 Å². The quantitative estimate of drug-likeness (QED) is 0.853. The first-order valence-corrected chi connectivity index (χ1v) is 5.89. The van der Waals surface area contributed by atoms with Crippen molar-refractivity contribution in [3.8, 4) is 0 Å². The van der Waals surface area contributed by atoms with Crippen LogP contribution in [0.3, 0.4) is 0 Å². The van der Waals surface area contributed by atoms with E-state index in [0.717, 1.165) is 6.54 Å². The topological polar surface area (TPSA) is 41.1 Å². The number of anilines is 1. The van der Waals surface area contributed by atoms with Gasteiger partial charge < -0.3 is 10.6 Å². The van der Waals surface area contributed by atoms with Crippen LogP contribution in [0.15, 0.2) is 18.2 Å². The summed E-state index contributed by atoms with van der Waals surface area (Å²) in [6.07, 6.45) is 0.345. The molecule has 1 aromatic carbocycles. The molecule has 0 aliphatic heterocycles. The summed E-state index contributed by atoms with van der Waals surface area (Å²) in [5.74, 6) is -0.690. The predicted octanol–water partition coefficient (Wildman–Crippen LogP) is 2.81. The molecule has 0 aromatic heterocycles. The molecule has 0 heterocycles. The smallest absolute Gasteiger partial charge is 0.225 e. The van der Waals surface area contributed by atoms with Gasteiger partial charge in [-0.25, -0.2) is 4.39 Å². The van der Waals surface area contributed by atoms with Crippen LogP contribution in [0.5, 0.6) is 0 Å². The minimum absolute atomic E-state index is 0.0454. The highest BCUT2D eigenvalue weighted by atomic mass is 35.5. The van der Waals surface area contributed by atoms with Gasteiger partial charge in [0.25, 0.3) is 0 Å². The normalized spacial score (nSPS) is 12.2. The van der Waals surface area contributed by atoms with Crippen molar-refractivity contribution in [2.75, 3.05) is 11.9 Å². The second kappa shape index (κ2) is 6.57. The highest BCUT2D eigenvalue weighted by Gasteiger charge is 2.09. The molecule has 1 unspecified atom stereocenters. The summed E-state index contributed by atoms with van der Waals surface area (Å²) in [7, 11) is 0. The standard InChI is InChI=1S/C12H16ClFN2O/c1-3-15-8(2)6-12(17)16-9-4-5-10(13)11(14)7-9/h4-5,7-8,15H,3,6H2,1-2H3,(H,16,17). The molecular weight excluding hydrogens is 243 g/mol. The van der Waals surface area contributed by atoms with Crippen molar-refractivity contribution in [3.05, 3.63) is 29.0 Å². The number of benzene rings is 1. The van der Waals surface area contributed by atoms with Gasteiger partial charge in [-0.3, -0.25) is 4.79 Å². The zero-order valence-corrected chi connectivity index (χ0v) is 10.6. The molecule has 94 valence electrons. The molecule has 1 aromatic rings. The lowest BCUT2D eigenvalue weighted by atomic mass is 10.2. The second-order valence-corrected chi connectivity index (χ2v) is 4.25. The predicted molar refractivity (Wildman–Crippen MR) is 67.8 cm³/mol. The Balaban J connectivity index is 2.53. The molecule has 0 fully saturated rings. The molecule has 1 rings (SSSR count). The zero-order chi connectivity index (χ0) is 12.8. The van der Waals surface area contributed by atoms with E-state index in [1.807, 2.05) is 13.8 Å². The van der Waals surface area contributed by atoms with E-state index in [0.29, 0.717) is 12.1 Å². The van der Waals surface area contributed by atoms with Crippen molar-refractivity contribution in [2.24, 2.45) is 0 Å². The van der Waals surface area contributed by atoms with Crippen LogP contribution >= 0.6 is 11.6 Å². The largest absolute Gasteiger partial charge is 0.326 e. The molecule has 0 saturated heterocycles. The van der Waals surface area contributed by atoms with Crippen molar-refractivity contribution >= 4 is 23.2 Å². The van der Waals surface area contributed by atoms with Crippen LogP contribution in [-0.2, 0) is 4.79 Å². The number of halogens is 2. The van der Waals surface area contributed by atoms with Crippen LogP contribution < -0.4 is 10.6 Å². The number of amides is 1. The lowest BCUT2D eigenvalue weighted by molar-refractivity contribution is -0.116. The molecule has 17 heavy (non-hydrogen) atoms. The van der Waals surface area contributed by atoms with E-state index >= 15 is 0 Å². The third kappa shape index (κ3) is 4.71. The molecule has 0 radical (unpaired) electrons. The highest BCUT2D eigenvalue weighted by Crippen LogP contribution is 2.18. The molecule has 0 aliphatic rings. The Morgan fingerprint density at radius 1 is 1.53 bits per heavy atom. The Morgan fingerprint density at radius 3 is 2.82 bits per heavy atom. The van der Waals surface area contributed by atoms with Gasteiger partial charge in [-0.2, -0.15) is 0 Å². The average Bonchev–Trinajstić information content (AvgIpc) is 2.23. The molecule has 0 bridgehead atoms. The molecule has 3 nitrogen and oxygen atoms in total. The van der Waals surface area contributed by atoms with Gasteiger partial charge in [-0.1, -0.05) is 18.5 Å². The number of nitrogens with one attached hydrogen (secondary N) is 2. The summed E-state index contributed by atoms with van der Waals surface area (Å²) in [5.41, 5.74) is 0.417. The molecule has 0 saturated carbocycles. The maximum atomic E-state index is 13.1. The van der Waals surface area contributed by atoms with E-state index in [-0.39, 0.29) is 17.0 Å². The van der Waals surface area contributed by atoms with Gasteiger partial charge in [-0.05, 0) is 31.7 Å². The SMILES string of the molecule is CCNC(C)CC(=O)Nc1ccc(Cl)c(F)c1. The van der Waals surface area contributed by atoms with Crippen molar-refractivity contribution in [1.29, 1.82) is 0 Å². The van der Waals surface area contributed by atoms with Gasteiger partial charge >= 0.3 is 0 Å². The Morgan fingerprint density at radius 2 is 2.24 bits per heavy atom. The first-order chi connectivity index (χ1) is 8.02. The minimum atomic E-state index is -0.538. The first-order valence-electron chi connectivity index (χ1n) is 5.51. The summed E-state index contributed by atoms with van der Waals surface area (Å²) in [6.45, 7) is 4.71. The fourth-order valence-electron chi connectivity index (χ4n) is 1.48. The van der Waals surface area contributed by atoms with Crippen LogP contribution in [0.2, 0.25) is 5.02 Å². The van der Waals surface area contributed by atoms with Gasteiger partial charge in [0.2, 0.25) is 5.91 Å². The van der Waals surface area contributed by atoms with Crippen LogP contribution in [0.1, 0.15) is 20.3 Å². The minimum Gasteiger partial charge on any atom is -0.326 e. The maximum Gasteiger partial charge on any atom is 0.225 e. The number of hydrogen-bond acceptors (Lipinski definition) is 2. The molecule has 5 heteroatoms.